The van der Waals surface area contributed by atoms with Gasteiger partial charge in [0.25, 0.3) is 0 Å². The molecule has 2 amide bonds. The Morgan fingerprint density at radius 2 is 1.71 bits per heavy atom. The lowest BCUT2D eigenvalue weighted by Gasteiger charge is -2.35. The first-order valence-electron chi connectivity index (χ1n) is 8.94. The quantitative estimate of drug-likeness (QED) is 0.484. The average Bonchev–Trinajstić information content (AvgIpc) is 3.07. The summed E-state index contributed by atoms with van der Waals surface area (Å²) >= 11 is 0. The highest BCUT2D eigenvalue weighted by Crippen LogP contribution is 2.29. The van der Waals surface area contributed by atoms with Crippen LogP contribution in [0.4, 0.5) is 15.8 Å². The first kappa shape index (κ1) is 18.0. The molecule has 1 fully saturated rings. The van der Waals surface area contributed by atoms with E-state index in [1.807, 2.05) is 4.90 Å². The van der Waals surface area contributed by atoms with Crippen LogP contribution in [0.25, 0.3) is 0 Å². The number of benzene rings is 2. The molecule has 1 saturated heterocycles. The number of nitrogens with one attached hydrogen (secondary N) is 1. The summed E-state index contributed by atoms with van der Waals surface area (Å²) in [6.45, 7) is 1.90. The Kier molecular flexibility index (Phi) is 4.68. The molecule has 2 aromatic carbocycles. The summed E-state index contributed by atoms with van der Waals surface area (Å²) in [7, 11) is 0. The van der Waals surface area contributed by atoms with Gasteiger partial charge in [0.05, 0.1) is 6.42 Å². The van der Waals surface area contributed by atoms with Crippen LogP contribution in [0.3, 0.4) is 0 Å². The van der Waals surface area contributed by atoms with Crippen molar-refractivity contribution in [1.29, 1.82) is 0 Å². The zero-order valence-electron chi connectivity index (χ0n) is 15.0. The number of piperazine rings is 1. The Hall–Kier alpha value is -3.42. The second kappa shape index (κ2) is 7.30. The van der Waals surface area contributed by atoms with E-state index in [9.17, 15) is 18.8 Å². The third-order valence-electron chi connectivity index (χ3n) is 4.84. The number of fused-ring (bicyclic) bond motifs is 1. The standard InChI is InChI=1S/C20H18FN3O4/c21-14-2-5-16(6-3-14)23-7-9-24(10-8-23)20(27)19(26)22-15-4-1-13-11-18(25)28-17(13)12-15/h1-6,12H,7-11H2,(H,22,26). The molecule has 0 atom stereocenters. The molecular formula is C20H18FN3O4. The molecule has 28 heavy (non-hydrogen) atoms. The monoisotopic (exact) mass is 383 g/mol. The zero-order chi connectivity index (χ0) is 19.7. The van der Waals surface area contributed by atoms with Gasteiger partial charge in [-0.25, -0.2) is 4.39 Å². The fraction of sp³-hybridized carbons (Fsp3) is 0.250. The third-order valence-corrected chi connectivity index (χ3v) is 4.84. The van der Waals surface area contributed by atoms with Gasteiger partial charge in [-0.15, -0.1) is 0 Å². The minimum Gasteiger partial charge on any atom is -0.426 e. The molecular weight excluding hydrogens is 365 g/mol. The summed E-state index contributed by atoms with van der Waals surface area (Å²) in [6, 6.07) is 11.1. The van der Waals surface area contributed by atoms with E-state index in [0.717, 1.165) is 11.3 Å². The van der Waals surface area contributed by atoms with Gasteiger partial charge >= 0.3 is 17.8 Å². The number of hydrogen-bond acceptors (Lipinski definition) is 5. The average molecular weight is 383 g/mol. The molecule has 0 bridgehead atoms. The summed E-state index contributed by atoms with van der Waals surface area (Å²) in [6.07, 6.45) is 0.209. The second-order valence-corrected chi connectivity index (χ2v) is 6.68. The molecule has 4 rings (SSSR count). The highest BCUT2D eigenvalue weighted by Gasteiger charge is 2.27. The fourth-order valence-corrected chi connectivity index (χ4v) is 3.34. The summed E-state index contributed by atoms with van der Waals surface area (Å²) in [5.74, 6) is -1.58. The van der Waals surface area contributed by atoms with Gasteiger partial charge in [0, 0.05) is 49.2 Å². The van der Waals surface area contributed by atoms with Crippen LogP contribution in [0, 0.1) is 5.82 Å². The highest BCUT2D eigenvalue weighted by molar-refractivity contribution is 6.39. The Labute approximate surface area is 160 Å². The predicted molar refractivity (Wildman–Crippen MR) is 99.6 cm³/mol. The molecule has 0 aliphatic carbocycles. The lowest BCUT2D eigenvalue weighted by atomic mass is 10.1. The SMILES string of the molecule is O=C1Cc2ccc(NC(=O)C(=O)N3CCN(c4ccc(F)cc4)CC3)cc2O1. The van der Waals surface area contributed by atoms with Crippen molar-refractivity contribution in [2.45, 2.75) is 6.42 Å². The van der Waals surface area contributed by atoms with E-state index in [1.165, 1.54) is 23.1 Å². The van der Waals surface area contributed by atoms with Gasteiger partial charge < -0.3 is 19.9 Å². The van der Waals surface area contributed by atoms with Gasteiger partial charge in [0.2, 0.25) is 0 Å². The molecule has 2 heterocycles. The van der Waals surface area contributed by atoms with Crippen LogP contribution in [0.2, 0.25) is 0 Å². The van der Waals surface area contributed by atoms with E-state index in [0.29, 0.717) is 37.6 Å². The number of amides is 2. The largest absolute Gasteiger partial charge is 0.426 e. The topological polar surface area (TPSA) is 79.0 Å². The Morgan fingerprint density at radius 3 is 2.43 bits per heavy atom. The molecule has 144 valence electrons. The zero-order valence-corrected chi connectivity index (χ0v) is 15.0. The number of anilines is 2. The Morgan fingerprint density at radius 1 is 1.00 bits per heavy atom. The molecule has 8 heteroatoms. The highest BCUT2D eigenvalue weighted by atomic mass is 19.1. The second-order valence-electron chi connectivity index (χ2n) is 6.68. The molecule has 1 N–H and O–H groups in total. The Balaban J connectivity index is 1.34. The lowest BCUT2D eigenvalue weighted by molar-refractivity contribution is -0.143. The molecule has 7 nitrogen and oxygen atoms in total. The molecule has 0 spiro atoms. The maximum Gasteiger partial charge on any atom is 0.315 e. The van der Waals surface area contributed by atoms with Crippen molar-refractivity contribution in [2.24, 2.45) is 0 Å². The number of esters is 1. The molecule has 2 aliphatic heterocycles. The summed E-state index contributed by atoms with van der Waals surface area (Å²) in [5.41, 5.74) is 2.04. The minimum absolute atomic E-state index is 0.209. The smallest absolute Gasteiger partial charge is 0.315 e. The van der Waals surface area contributed by atoms with Crippen molar-refractivity contribution >= 4 is 29.2 Å². The number of halogens is 1. The van der Waals surface area contributed by atoms with Crippen LogP contribution >= 0.6 is 0 Å². The number of ether oxygens (including phenoxy) is 1. The van der Waals surface area contributed by atoms with Crippen molar-refractivity contribution in [3.8, 4) is 5.75 Å². The minimum atomic E-state index is -0.737. The number of rotatable bonds is 2. The van der Waals surface area contributed by atoms with E-state index < -0.39 is 11.8 Å². The van der Waals surface area contributed by atoms with Crippen LogP contribution < -0.4 is 15.0 Å². The molecule has 2 aromatic rings. The van der Waals surface area contributed by atoms with E-state index in [2.05, 4.69) is 5.32 Å². The van der Waals surface area contributed by atoms with Gasteiger partial charge in [-0.2, -0.15) is 0 Å². The first-order valence-corrected chi connectivity index (χ1v) is 8.94. The number of hydrogen-bond donors (Lipinski definition) is 1. The third kappa shape index (κ3) is 3.66. The van der Waals surface area contributed by atoms with Gasteiger partial charge in [-0.3, -0.25) is 14.4 Å². The van der Waals surface area contributed by atoms with Gasteiger partial charge in [0.15, 0.2) is 0 Å². The van der Waals surface area contributed by atoms with E-state index in [4.69, 9.17) is 4.74 Å². The van der Waals surface area contributed by atoms with Crippen LogP contribution in [-0.2, 0) is 20.8 Å². The van der Waals surface area contributed by atoms with Crippen molar-refractivity contribution < 1.29 is 23.5 Å². The predicted octanol–water partition coefficient (Wildman–Crippen LogP) is 1.57. The van der Waals surface area contributed by atoms with Gasteiger partial charge in [-0.1, -0.05) is 6.07 Å². The molecule has 2 aliphatic rings. The van der Waals surface area contributed by atoms with Crippen LogP contribution in [0.5, 0.6) is 5.75 Å². The molecule has 0 unspecified atom stereocenters. The van der Waals surface area contributed by atoms with Crippen LogP contribution in [0.1, 0.15) is 5.56 Å². The van der Waals surface area contributed by atoms with Gasteiger partial charge in [-0.05, 0) is 30.3 Å². The van der Waals surface area contributed by atoms with Crippen LogP contribution in [0.15, 0.2) is 42.5 Å². The normalized spacial score (nSPS) is 15.8. The number of carbonyl (C=O) groups excluding carboxylic acids is 3. The van der Waals surface area contributed by atoms with E-state index in [1.54, 1.807) is 24.3 Å². The van der Waals surface area contributed by atoms with Crippen molar-refractivity contribution in [3.05, 3.63) is 53.8 Å². The van der Waals surface area contributed by atoms with E-state index >= 15 is 0 Å². The van der Waals surface area contributed by atoms with Crippen molar-refractivity contribution in [3.63, 3.8) is 0 Å². The summed E-state index contributed by atoms with van der Waals surface area (Å²) < 4.78 is 18.1. The summed E-state index contributed by atoms with van der Waals surface area (Å²) in [4.78, 5) is 39.6. The van der Waals surface area contributed by atoms with Crippen LogP contribution in [-0.4, -0.2) is 48.9 Å². The van der Waals surface area contributed by atoms with E-state index in [-0.39, 0.29) is 18.2 Å². The number of nitrogens with zero attached hydrogens (tertiary/aromatic N) is 2. The van der Waals surface area contributed by atoms with Crippen molar-refractivity contribution in [1.82, 2.24) is 4.90 Å². The maximum absolute atomic E-state index is 13.0. The Bertz CT molecular complexity index is 937. The summed E-state index contributed by atoms with van der Waals surface area (Å²) in [5, 5.41) is 2.56. The maximum atomic E-state index is 13.0. The molecule has 0 radical (unpaired) electrons. The fourth-order valence-electron chi connectivity index (χ4n) is 3.34. The molecule has 0 aromatic heterocycles. The van der Waals surface area contributed by atoms with Crippen molar-refractivity contribution in [2.75, 3.05) is 36.4 Å². The molecule has 0 saturated carbocycles. The first-order chi connectivity index (χ1) is 13.5. The van der Waals surface area contributed by atoms with Gasteiger partial charge in [0.1, 0.15) is 11.6 Å². The number of carbonyl (C=O) groups is 3. The lowest BCUT2D eigenvalue weighted by Crippen LogP contribution is -2.51.